The Kier molecular flexibility index (Phi) is 10.5. The molecule has 0 unspecified atom stereocenters. The van der Waals surface area contributed by atoms with Crippen LogP contribution in [0.15, 0.2) is 0 Å². The smallest absolute Gasteiger partial charge is 0.224 e. The molecule has 0 rings (SSSR count). The molecule has 0 fully saturated rings. The van der Waals surface area contributed by atoms with E-state index in [0.29, 0.717) is 13.0 Å². The van der Waals surface area contributed by atoms with Crippen LogP contribution in [0.2, 0.25) is 0 Å². The number of hydrogen-bond donors (Lipinski definition) is 1. The molecule has 0 heterocycles. The first-order valence-corrected chi connectivity index (χ1v) is 6.24. The largest absolute Gasteiger partial charge is 0.381 e. The fraction of sp³-hybridized carbons (Fsp3) is 0.917. The number of hydrogen-bond acceptors (Lipinski definition) is 3. The Balaban J connectivity index is 3.42. The second-order valence-corrected chi connectivity index (χ2v) is 4.03. The minimum absolute atomic E-state index is 0.170. The topological polar surface area (TPSA) is 55.6 Å². The van der Waals surface area contributed by atoms with Gasteiger partial charge in [0.2, 0.25) is 5.91 Å². The van der Waals surface area contributed by atoms with E-state index in [0.717, 1.165) is 45.4 Å². The molecule has 0 saturated heterocycles. The SMILES string of the molecule is CCCOCCC(=O)N(C)CCCCCN. The van der Waals surface area contributed by atoms with E-state index in [9.17, 15) is 4.79 Å². The Morgan fingerprint density at radius 1 is 1.25 bits per heavy atom. The summed E-state index contributed by atoms with van der Waals surface area (Å²) in [5, 5.41) is 0. The van der Waals surface area contributed by atoms with Gasteiger partial charge in [-0.2, -0.15) is 0 Å². The first-order chi connectivity index (χ1) is 7.72. The highest BCUT2D eigenvalue weighted by Gasteiger charge is 2.07. The van der Waals surface area contributed by atoms with Crippen LogP contribution in [0.5, 0.6) is 0 Å². The fourth-order valence-corrected chi connectivity index (χ4v) is 1.39. The van der Waals surface area contributed by atoms with Gasteiger partial charge in [0.15, 0.2) is 0 Å². The molecular weight excluding hydrogens is 204 g/mol. The van der Waals surface area contributed by atoms with Crippen LogP contribution in [0.1, 0.15) is 39.0 Å². The van der Waals surface area contributed by atoms with Gasteiger partial charge in [-0.15, -0.1) is 0 Å². The average Bonchev–Trinajstić information content (AvgIpc) is 2.29. The summed E-state index contributed by atoms with van der Waals surface area (Å²) in [6.45, 7) is 4.91. The van der Waals surface area contributed by atoms with Gasteiger partial charge in [0.05, 0.1) is 13.0 Å². The number of rotatable bonds is 10. The van der Waals surface area contributed by atoms with Crippen LogP contribution in [-0.4, -0.2) is 44.2 Å². The van der Waals surface area contributed by atoms with Crippen molar-refractivity contribution in [2.24, 2.45) is 5.73 Å². The van der Waals surface area contributed by atoms with Crippen molar-refractivity contribution in [3.63, 3.8) is 0 Å². The standard InChI is InChI=1S/C12H26N2O2/c1-3-10-16-11-7-12(15)14(2)9-6-4-5-8-13/h3-11,13H2,1-2H3. The molecule has 1 amide bonds. The van der Waals surface area contributed by atoms with Crippen LogP contribution in [0.25, 0.3) is 0 Å². The molecule has 4 heteroatoms. The molecule has 0 spiro atoms. The molecule has 96 valence electrons. The van der Waals surface area contributed by atoms with Crippen molar-refractivity contribution in [1.82, 2.24) is 4.90 Å². The zero-order valence-corrected chi connectivity index (χ0v) is 10.7. The Morgan fingerprint density at radius 2 is 2.00 bits per heavy atom. The Labute approximate surface area is 99.1 Å². The van der Waals surface area contributed by atoms with E-state index in [4.69, 9.17) is 10.5 Å². The van der Waals surface area contributed by atoms with Crippen molar-refractivity contribution in [2.75, 3.05) is 33.4 Å². The van der Waals surface area contributed by atoms with Gasteiger partial charge in [-0.25, -0.2) is 0 Å². The van der Waals surface area contributed by atoms with Crippen molar-refractivity contribution >= 4 is 5.91 Å². The van der Waals surface area contributed by atoms with Gasteiger partial charge in [0.1, 0.15) is 0 Å². The van der Waals surface area contributed by atoms with Crippen molar-refractivity contribution in [3.05, 3.63) is 0 Å². The van der Waals surface area contributed by atoms with Crippen LogP contribution in [0, 0.1) is 0 Å². The van der Waals surface area contributed by atoms with Crippen molar-refractivity contribution in [3.8, 4) is 0 Å². The number of amides is 1. The maximum absolute atomic E-state index is 11.6. The molecule has 2 N–H and O–H groups in total. The zero-order valence-electron chi connectivity index (χ0n) is 10.7. The molecule has 0 aromatic carbocycles. The molecule has 0 aromatic rings. The summed E-state index contributed by atoms with van der Waals surface area (Å²) < 4.78 is 5.28. The van der Waals surface area contributed by atoms with Crippen LogP contribution >= 0.6 is 0 Å². The average molecular weight is 230 g/mol. The number of unbranched alkanes of at least 4 members (excludes halogenated alkanes) is 2. The van der Waals surface area contributed by atoms with E-state index >= 15 is 0 Å². The summed E-state index contributed by atoms with van der Waals surface area (Å²) in [6, 6.07) is 0. The minimum atomic E-state index is 0.170. The second-order valence-electron chi connectivity index (χ2n) is 4.03. The van der Waals surface area contributed by atoms with Gasteiger partial charge in [-0.3, -0.25) is 4.79 Å². The summed E-state index contributed by atoms with van der Waals surface area (Å²) in [4.78, 5) is 13.4. The lowest BCUT2D eigenvalue weighted by Crippen LogP contribution is -2.28. The van der Waals surface area contributed by atoms with Crippen molar-refractivity contribution < 1.29 is 9.53 Å². The highest BCUT2D eigenvalue weighted by molar-refractivity contribution is 5.75. The van der Waals surface area contributed by atoms with Crippen LogP contribution < -0.4 is 5.73 Å². The zero-order chi connectivity index (χ0) is 12.2. The van der Waals surface area contributed by atoms with E-state index < -0.39 is 0 Å². The molecule has 0 aliphatic heterocycles. The van der Waals surface area contributed by atoms with Gasteiger partial charge >= 0.3 is 0 Å². The quantitative estimate of drug-likeness (QED) is 0.577. The van der Waals surface area contributed by atoms with E-state index in [-0.39, 0.29) is 5.91 Å². The van der Waals surface area contributed by atoms with E-state index in [1.165, 1.54) is 0 Å². The predicted molar refractivity (Wildman–Crippen MR) is 66.3 cm³/mol. The van der Waals surface area contributed by atoms with Crippen LogP contribution in [0.3, 0.4) is 0 Å². The summed E-state index contributed by atoms with van der Waals surface area (Å²) in [5.41, 5.74) is 5.40. The number of nitrogens with zero attached hydrogens (tertiary/aromatic N) is 1. The number of carbonyl (C=O) groups is 1. The van der Waals surface area contributed by atoms with Crippen molar-refractivity contribution in [1.29, 1.82) is 0 Å². The molecule has 0 aliphatic rings. The lowest BCUT2D eigenvalue weighted by molar-refractivity contribution is -0.131. The predicted octanol–water partition coefficient (Wildman–Crippen LogP) is 1.39. The number of nitrogens with two attached hydrogens (primary N) is 1. The number of ether oxygens (including phenoxy) is 1. The monoisotopic (exact) mass is 230 g/mol. The first kappa shape index (κ1) is 15.4. The van der Waals surface area contributed by atoms with Crippen LogP contribution in [0.4, 0.5) is 0 Å². The summed E-state index contributed by atoms with van der Waals surface area (Å²) in [6.07, 6.45) is 4.67. The third-order valence-electron chi connectivity index (χ3n) is 2.43. The molecule has 0 atom stereocenters. The Morgan fingerprint density at radius 3 is 2.62 bits per heavy atom. The van der Waals surface area contributed by atoms with Gasteiger partial charge in [-0.1, -0.05) is 13.3 Å². The molecule has 0 aromatic heterocycles. The normalized spacial score (nSPS) is 10.4. The van der Waals surface area contributed by atoms with Gasteiger partial charge < -0.3 is 15.4 Å². The van der Waals surface area contributed by atoms with Crippen LogP contribution in [-0.2, 0) is 9.53 Å². The highest BCUT2D eigenvalue weighted by atomic mass is 16.5. The fourth-order valence-electron chi connectivity index (χ4n) is 1.39. The van der Waals surface area contributed by atoms with Gasteiger partial charge in [-0.05, 0) is 25.8 Å². The maximum Gasteiger partial charge on any atom is 0.224 e. The lowest BCUT2D eigenvalue weighted by atomic mass is 10.2. The molecule has 16 heavy (non-hydrogen) atoms. The second kappa shape index (κ2) is 10.9. The number of carbonyl (C=O) groups excluding carboxylic acids is 1. The third kappa shape index (κ3) is 8.68. The molecular formula is C12H26N2O2. The van der Waals surface area contributed by atoms with Gasteiger partial charge in [0, 0.05) is 20.2 Å². The van der Waals surface area contributed by atoms with E-state index in [1.54, 1.807) is 4.90 Å². The molecule has 0 aliphatic carbocycles. The highest BCUT2D eigenvalue weighted by Crippen LogP contribution is 1.98. The first-order valence-electron chi connectivity index (χ1n) is 6.24. The Hall–Kier alpha value is -0.610. The summed E-state index contributed by atoms with van der Waals surface area (Å²) in [5.74, 6) is 0.170. The Bertz CT molecular complexity index is 174. The van der Waals surface area contributed by atoms with E-state index in [1.807, 2.05) is 7.05 Å². The third-order valence-corrected chi connectivity index (χ3v) is 2.43. The minimum Gasteiger partial charge on any atom is -0.381 e. The molecule has 0 radical (unpaired) electrons. The molecule has 0 bridgehead atoms. The van der Waals surface area contributed by atoms with Crippen molar-refractivity contribution in [2.45, 2.75) is 39.0 Å². The maximum atomic E-state index is 11.6. The summed E-state index contributed by atoms with van der Waals surface area (Å²) in [7, 11) is 1.85. The van der Waals surface area contributed by atoms with E-state index in [2.05, 4.69) is 6.92 Å². The van der Waals surface area contributed by atoms with Gasteiger partial charge in [0.25, 0.3) is 0 Å². The molecule has 0 saturated carbocycles. The lowest BCUT2D eigenvalue weighted by Gasteiger charge is -2.16. The summed E-state index contributed by atoms with van der Waals surface area (Å²) >= 11 is 0. The molecule has 4 nitrogen and oxygen atoms in total.